The van der Waals surface area contributed by atoms with E-state index in [1.165, 1.54) is 10.8 Å². The number of hydrogen-bond acceptors (Lipinski definition) is 3. The van der Waals surface area contributed by atoms with Gasteiger partial charge in [-0.25, -0.2) is 0 Å². The van der Waals surface area contributed by atoms with Gasteiger partial charge in [-0.2, -0.15) is 0 Å². The Bertz CT molecular complexity index is 562. The second-order valence-corrected chi connectivity index (χ2v) is 5.34. The first kappa shape index (κ1) is 16.8. The van der Waals surface area contributed by atoms with Crippen LogP contribution in [0.5, 0.6) is 0 Å². The average molecular weight is 311 g/mol. The third kappa shape index (κ3) is 5.04. The summed E-state index contributed by atoms with van der Waals surface area (Å²) in [5.41, 5.74) is 5.38. The molecule has 0 saturated heterocycles. The van der Waals surface area contributed by atoms with Gasteiger partial charge in [0.2, 0.25) is 5.91 Å². The van der Waals surface area contributed by atoms with Crippen LogP contribution in [0, 0.1) is 0 Å². The summed E-state index contributed by atoms with van der Waals surface area (Å²) < 4.78 is 0. The molecule has 0 radical (unpaired) electrons. The molecule has 20 heavy (non-hydrogen) atoms. The van der Waals surface area contributed by atoms with E-state index in [1.807, 2.05) is 12.1 Å². The largest absolute Gasteiger partial charge is 0.355 e. The van der Waals surface area contributed by atoms with E-state index in [2.05, 4.69) is 35.6 Å². The van der Waals surface area contributed by atoms with Gasteiger partial charge in [0.1, 0.15) is 0 Å². The van der Waals surface area contributed by atoms with Crippen LogP contribution >= 0.6 is 24.2 Å². The highest BCUT2D eigenvalue weighted by atomic mass is 35.5. The van der Waals surface area contributed by atoms with E-state index in [4.69, 9.17) is 5.73 Å². The van der Waals surface area contributed by atoms with Gasteiger partial charge in [0.25, 0.3) is 0 Å². The summed E-state index contributed by atoms with van der Waals surface area (Å²) in [5.74, 6) is 0.509. The molecule has 0 fully saturated rings. The van der Waals surface area contributed by atoms with Gasteiger partial charge < -0.3 is 11.1 Å². The SMILES string of the molecule is Cl.NCCCNC(=O)CSc1ccc2ccccc2c1. The first-order valence-electron chi connectivity index (χ1n) is 6.38. The van der Waals surface area contributed by atoms with Crippen LogP contribution < -0.4 is 11.1 Å². The Hall–Kier alpha value is -1.23. The highest BCUT2D eigenvalue weighted by Crippen LogP contribution is 2.23. The van der Waals surface area contributed by atoms with E-state index in [0.717, 1.165) is 11.3 Å². The van der Waals surface area contributed by atoms with Crippen LogP contribution in [0.2, 0.25) is 0 Å². The fraction of sp³-hybridized carbons (Fsp3) is 0.267. The number of fused-ring (bicyclic) bond motifs is 1. The lowest BCUT2D eigenvalue weighted by Gasteiger charge is -2.05. The zero-order valence-electron chi connectivity index (χ0n) is 11.2. The Balaban J connectivity index is 0.00000200. The zero-order chi connectivity index (χ0) is 13.5. The molecule has 5 heteroatoms. The van der Waals surface area contributed by atoms with Gasteiger partial charge >= 0.3 is 0 Å². The Morgan fingerprint density at radius 1 is 1.15 bits per heavy atom. The molecule has 0 bridgehead atoms. The number of thioether (sulfide) groups is 1. The molecule has 2 aromatic carbocycles. The fourth-order valence-corrected chi connectivity index (χ4v) is 2.56. The molecule has 2 rings (SSSR count). The molecule has 3 nitrogen and oxygen atoms in total. The van der Waals surface area contributed by atoms with Crippen molar-refractivity contribution in [1.29, 1.82) is 0 Å². The van der Waals surface area contributed by atoms with Crippen molar-refractivity contribution in [2.75, 3.05) is 18.8 Å². The predicted octanol–water partition coefficient (Wildman–Crippen LogP) is 2.82. The molecule has 0 unspecified atom stereocenters. The normalized spacial score (nSPS) is 10.1. The lowest BCUT2D eigenvalue weighted by Crippen LogP contribution is -2.27. The van der Waals surface area contributed by atoms with E-state index in [0.29, 0.717) is 18.8 Å². The molecule has 108 valence electrons. The van der Waals surface area contributed by atoms with E-state index in [1.54, 1.807) is 11.8 Å². The van der Waals surface area contributed by atoms with E-state index in [9.17, 15) is 4.79 Å². The maximum Gasteiger partial charge on any atom is 0.230 e. The van der Waals surface area contributed by atoms with Crippen LogP contribution in [0.1, 0.15) is 6.42 Å². The van der Waals surface area contributed by atoms with Crippen molar-refractivity contribution in [2.45, 2.75) is 11.3 Å². The van der Waals surface area contributed by atoms with Gasteiger partial charge in [-0.05, 0) is 35.9 Å². The molecule has 0 saturated carbocycles. The standard InChI is InChI=1S/C15H18N2OS.ClH/c16-8-3-9-17-15(18)11-19-14-7-6-12-4-1-2-5-13(12)10-14;/h1-2,4-7,10H,3,8-9,11,16H2,(H,17,18);1H. The number of nitrogens with two attached hydrogens (primary N) is 1. The number of carbonyl (C=O) groups is 1. The Morgan fingerprint density at radius 3 is 2.65 bits per heavy atom. The van der Waals surface area contributed by atoms with Crippen molar-refractivity contribution in [3.63, 3.8) is 0 Å². The molecule has 0 aliphatic rings. The number of carbonyl (C=O) groups excluding carboxylic acids is 1. The molecule has 2 aromatic rings. The van der Waals surface area contributed by atoms with Crippen LogP contribution in [0.15, 0.2) is 47.4 Å². The van der Waals surface area contributed by atoms with Gasteiger partial charge in [-0.15, -0.1) is 24.2 Å². The van der Waals surface area contributed by atoms with Gasteiger partial charge in [0, 0.05) is 11.4 Å². The molecule has 3 N–H and O–H groups in total. The van der Waals surface area contributed by atoms with Crippen LogP contribution in [-0.2, 0) is 4.79 Å². The molecule has 0 atom stereocenters. The van der Waals surface area contributed by atoms with Crippen LogP contribution in [0.4, 0.5) is 0 Å². The fourth-order valence-electron chi connectivity index (χ4n) is 1.79. The van der Waals surface area contributed by atoms with Gasteiger partial charge in [0.05, 0.1) is 5.75 Å². The highest BCUT2D eigenvalue weighted by Gasteiger charge is 2.02. The monoisotopic (exact) mass is 310 g/mol. The second kappa shape index (κ2) is 8.84. The Labute approximate surface area is 129 Å². The maximum atomic E-state index is 11.6. The molecule has 0 aliphatic carbocycles. The summed E-state index contributed by atoms with van der Waals surface area (Å²) >= 11 is 1.56. The molecule has 1 amide bonds. The maximum absolute atomic E-state index is 11.6. The quantitative estimate of drug-likeness (QED) is 0.637. The van der Waals surface area contributed by atoms with Crippen molar-refractivity contribution in [3.05, 3.63) is 42.5 Å². The van der Waals surface area contributed by atoms with Crippen molar-refractivity contribution in [3.8, 4) is 0 Å². The number of amides is 1. The topological polar surface area (TPSA) is 55.1 Å². The summed E-state index contributed by atoms with van der Waals surface area (Å²) in [7, 11) is 0. The van der Waals surface area contributed by atoms with Crippen LogP contribution in [-0.4, -0.2) is 24.7 Å². The summed E-state index contributed by atoms with van der Waals surface area (Å²) in [6.45, 7) is 1.27. The highest BCUT2D eigenvalue weighted by molar-refractivity contribution is 8.00. The number of hydrogen-bond donors (Lipinski definition) is 2. The molecular formula is C15H19ClN2OS. The molecular weight excluding hydrogens is 292 g/mol. The predicted molar refractivity (Wildman–Crippen MR) is 88.6 cm³/mol. The minimum Gasteiger partial charge on any atom is -0.355 e. The van der Waals surface area contributed by atoms with E-state index >= 15 is 0 Å². The molecule has 0 spiro atoms. The second-order valence-electron chi connectivity index (χ2n) is 4.29. The van der Waals surface area contributed by atoms with E-state index in [-0.39, 0.29) is 18.3 Å². The Kier molecular flexibility index (Phi) is 7.44. The molecule has 0 heterocycles. The summed E-state index contributed by atoms with van der Waals surface area (Å²) in [6.07, 6.45) is 0.826. The minimum atomic E-state index is 0. The lowest BCUT2D eigenvalue weighted by molar-refractivity contribution is -0.118. The van der Waals surface area contributed by atoms with Crippen molar-refractivity contribution < 1.29 is 4.79 Å². The van der Waals surface area contributed by atoms with Crippen LogP contribution in [0.3, 0.4) is 0 Å². The van der Waals surface area contributed by atoms with Crippen molar-refractivity contribution >= 4 is 40.8 Å². The third-order valence-electron chi connectivity index (χ3n) is 2.79. The summed E-state index contributed by atoms with van der Waals surface area (Å²) in [5, 5.41) is 5.28. The van der Waals surface area contributed by atoms with Crippen molar-refractivity contribution in [2.24, 2.45) is 5.73 Å². The van der Waals surface area contributed by atoms with Gasteiger partial charge in [-0.1, -0.05) is 30.3 Å². The number of halogens is 1. The lowest BCUT2D eigenvalue weighted by atomic mass is 10.1. The zero-order valence-corrected chi connectivity index (χ0v) is 12.8. The molecule has 0 aromatic heterocycles. The smallest absolute Gasteiger partial charge is 0.230 e. The number of rotatable bonds is 6. The Morgan fingerprint density at radius 2 is 1.90 bits per heavy atom. The summed E-state index contributed by atoms with van der Waals surface area (Å²) in [4.78, 5) is 12.7. The van der Waals surface area contributed by atoms with Gasteiger partial charge in [-0.3, -0.25) is 4.79 Å². The number of nitrogens with one attached hydrogen (secondary N) is 1. The molecule has 0 aliphatic heterocycles. The average Bonchev–Trinajstić information content (AvgIpc) is 2.45. The van der Waals surface area contributed by atoms with E-state index < -0.39 is 0 Å². The summed E-state index contributed by atoms with van der Waals surface area (Å²) in [6, 6.07) is 14.5. The number of benzene rings is 2. The first-order valence-corrected chi connectivity index (χ1v) is 7.36. The van der Waals surface area contributed by atoms with Gasteiger partial charge in [0.15, 0.2) is 0 Å². The first-order chi connectivity index (χ1) is 9.29. The minimum absolute atomic E-state index is 0. The van der Waals surface area contributed by atoms with Crippen LogP contribution in [0.25, 0.3) is 10.8 Å². The third-order valence-corrected chi connectivity index (χ3v) is 3.79. The van der Waals surface area contributed by atoms with Crippen molar-refractivity contribution in [1.82, 2.24) is 5.32 Å².